The maximum Gasteiger partial charge on any atom is 0.0926 e. The van der Waals surface area contributed by atoms with Gasteiger partial charge in [-0.3, -0.25) is 0 Å². The molecule has 0 aromatic carbocycles. The van der Waals surface area contributed by atoms with Crippen LogP contribution in [-0.2, 0) is 13.0 Å². The number of thiazole rings is 1. The lowest BCUT2D eigenvalue weighted by atomic mass is 10.1. The highest BCUT2D eigenvalue weighted by Crippen LogP contribution is 2.11. The molecule has 3 N–H and O–H groups in total. The van der Waals surface area contributed by atoms with Crippen LogP contribution >= 0.6 is 11.3 Å². The van der Waals surface area contributed by atoms with Crippen LogP contribution in [0.1, 0.15) is 17.6 Å². The fourth-order valence-corrected chi connectivity index (χ4v) is 2.65. The van der Waals surface area contributed by atoms with E-state index in [9.17, 15) is 5.11 Å². The third-order valence-corrected chi connectivity index (χ3v) is 3.96. The summed E-state index contributed by atoms with van der Waals surface area (Å²) in [5.41, 5.74) is 1.11. The second-order valence-electron chi connectivity index (χ2n) is 4.20. The summed E-state index contributed by atoms with van der Waals surface area (Å²) in [6.45, 7) is 5.41. The topological polar surface area (TPSA) is 57.2 Å². The van der Waals surface area contributed by atoms with E-state index in [1.165, 1.54) is 5.01 Å². The minimum Gasteiger partial charge on any atom is -0.391 e. The maximum atomic E-state index is 9.61. The normalized spacial score (nSPS) is 25.1. The van der Waals surface area contributed by atoms with Gasteiger partial charge in [0.05, 0.1) is 16.8 Å². The molecule has 90 valence electrons. The van der Waals surface area contributed by atoms with Crippen molar-refractivity contribution in [3.63, 3.8) is 0 Å². The van der Waals surface area contributed by atoms with E-state index in [1.807, 2.05) is 0 Å². The van der Waals surface area contributed by atoms with Crippen LogP contribution in [-0.4, -0.2) is 35.8 Å². The third kappa shape index (κ3) is 3.01. The highest BCUT2D eigenvalue weighted by molar-refractivity contribution is 7.09. The second kappa shape index (κ2) is 5.72. The van der Waals surface area contributed by atoms with Gasteiger partial charge in [0.25, 0.3) is 0 Å². The number of aliphatic hydroxyl groups excluding tert-OH is 1. The Hall–Kier alpha value is -0.490. The smallest absolute Gasteiger partial charge is 0.0926 e. The molecule has 2 rings (SSSR count). The van der Waals surface area contributed by atoms with Gasteiger partial charge >= 0.3 is 0 Å². The van der Waals surface area contributed by atoms with Crippen molar-refractivity contribution >= 4 is 11.3 Å². The Kier molecular flexibility index (Phi) is 4.29. The molecule has 0 amide bonds. The summed E-state index contributed by atoms with van der Waals surface area (Å²) in [5.74, 6) is 0.337. The monoisotopic (exact) mass is 241 g/mol. The van der Waals surface area contributed by atoms with E-state index in [0.717, 1.165) is 38.3 Å². The molecular weight excluding hydrogens is 222 g/mol. The van der Waals surface area contributed by atoms with Gasteiger partial charge in [-0.05, 0) is 6.42 Å². The molecule has 16 heavy (non-hydrogen) atoms. The van der Waals surface area contributed by atoms with E-state index in [2.05, 4.69) is 27.9 Å². The van der Waals surface area contributed by atoms with E-state index in [-0.39, 0.29) is 6.10 Å². The van der Waals surface area contributed by atoms with Gasteiger partial charge < -0.3 is 15.7 Å². The summed E-state index contributed by atoms with van der Waals surface area (Å²) in [4.78, 5) is 4.49. The highest BCUT2D eigenvalue weighted by Gasteiger charge is 2.23. The summed E-state index contributed by atoms with van der Waals surface area (Å²) in [7, 11) is 0. The molecule has 1 fully saturated rings. The molecule has 2 unspecified atom stereocenters. The van der Waals surface area contributed by atoms with Crippen molar-refractivity contribution in [2.45, 2.75) is 26.0 Å². The van der Waals surface area contributed by atoms with E-state index in [1.54, 1.807) is 11.3 Å². The molecule has 0 saturated carbocycles. The molecule has 1 aliphatic rings. The van der Waals surface area contributed by atoms with Gasteiger partial charge in [0.1, 0.15) is 0 Å². The quantitative estimate of drug-likeness (QED) is 0.697. The van der Waals surface area contributed by atoms with Crippen molar-refractivity contribution in [2.24, 2.45) is 5.92 Å². The number of hydrogen-bond acceptors (Lipinski definition) is 5. The first-order valence-corrected chi connectivity index (χ1v) is 6.70. The number of nitrogens with zero attached hydrogens (tertiary/aromatic N) is 1. The first-order valence-electron chi connectivity index (χ1n) is 5.82. The minimum atomic E-state index is -0.200. The van der Waals surface area contributed by atoms with Gasteiger partial charge in [0.15, 0.2) is 0 Å². The molecule has 2 atom stereocenters. The van der Waals surface area contributed by atoms with Gasteiger partial charge in [0.2, 0.25) is 0 Å². The van der Waals surface area contributed by atoms with Crippen LogP contribution in [0, 0.1) is 5.92 Å². The number of rotatable bonds is 5. The first kappa shape index (κ1) is 12.0. The first-order chi connectivity index (χ1) is 7.79. The predicted octanol–water partition coefficient (Wildman–Crippen LogP) is 0.375. The Morgan fingerprint density at radius 2 is 2.50 bits per heavy atom. The summed E-state index contributed by atoms with van der Waals surface area (Å²) in [6.07, 6.45) is 0.810. The zero-order chi connectivity index (χ0) is 11.4. The number of aromatic nitrogens is 1. The minimum absolute atomic E-state index is 0.200. The average molecular weight is 241 g/mol. The lowest BCUT2D eigenvalue weighted by Gasteiger charge is -2.13. The lowest BCUT2D eigenvalue weighted by Crippen LogP contribution is -2.30. The van der Waals surface area contributed by atoms with Gasteiger partial charge in [-0.1, -0.05) is 6.92 Å². The summed E-state index contributed by atoms with van der Waals surface area (Å²) in [5, 5.41) is 19.4. The molecule has 0 radical (unpaired) electrons. The van der Waals surface area contributed by atoms with Crippen molar-refractivity contribution in [2.75, 3.05) is 19.6 Å². The SMILES string of the molecule is CCc1nc(CNCC2CNCC2O)cs1. The van der Waals surface area contributed by atoms with Crippen LogP contribution in [0.4, 0.5) is 0 Å². The summed E-state index contributed by atoms with van der Waals surface area (Å²) >= 11 is 1.72. The molecule has 1 aliphatic heterocycles. The largest absolute Gasteiger partial charge is 0.391 e. The third-order valence-electron chi connectivity index (χ3n) is 2.92. The van der Waals surface area contributed by atoms with Crippen LogP contribution < -0.4 is 10.6 Å². The lowest BCUT2D eigenvalue weighted by molar-refractivity contribution is 0.146. The maximum absolute atomic E-state index is 9.61. The fraction of sp³-hybridized carbons (Fsp3) is 0.727. The predicted molar refractivity (Wildman–Crippen MR) is 65.6 cm³/mol. The Morgan fingerprint density at radius 3 is 3.12 bits per heavy atom. The molecule has 1 aromatic rings. The molecule has 5 heteroatoms. The van der Waals surface area contributed by atoms with Crippen molar-refractivity contribution in [1.82, 2.24) is 15.6 Å². The van der Waals surface area contributed by atoms with Crippen LogP contribution in [0.5, 0.6) is 0 Å². The van der Waals surface area contributed by atoms with Gasteiger partial charge in [0, 0.05) is 37.5 Å². The standard InChI is InChI=1S/C11H19N3OS/c1-2-11-14-9(7-16-11)5-12-3-8-4-13-6-10(8)15/h7-8,10,12-13,15H,2-6H2,1H3. The highest BCUT2D eigenvalue weighted by atomic mass is 32.1. The number of aryl methyl sites for hydroxylation is 1. The molecular formula is C11H19N3OS. The van der Waals surface area contributed by atoms with Gasteiger partial charge in [-0.15, -0.1) is 11.3 Å². The van der Waals surface area contributed by atoms with Crippen LogP contribution in [0.25, 0.3) is 0 Å². The van der Waals surface area contributed by atoms with Crippen LogP contribution in [0.15, 0.2) is 5.38 Å². The fourth-order valence-electron chi connectivity index (χ4n) is 1.91. The molecule has 1 aromatic heterocycles. The summed E-state index contributed by atoms with van der Waals surface area (Å²) in [6, 6.07) is 0. The molecule has 2 heterocycles. The van der Waals surface area contributed by atoms with Crippen molar-refractivity contribution < 1.29 is 5.11 Å². The van der Waals surface area contributed by atoms with Crippen LogP contribution in [0.3, 0.4) is 0 Å². The number of hydrogen-bond donors (Lipinski definition) is 3. The van der Waals surface area contributed by atoms with E-state index in [4.69, 9.17) is 0 Å². The molecule has 0 aliphatic carbocycles. The number of aliphatic hydroxyl groups is 1. The van der Waals surface area contributed by atoms with E-state index >= 15 is 0 Å². The molecule has 0 bridgehead atoms. The Morgan fingerprint density at radius 1 is 1.62 bits per heavy atom. The Bertz CT molecular complexity index is 329. The van der Waals surface area contributed by atoms with Crippen molar-refractivity contribution in [1.29, 1.82) is 0 Å². The number of nitrogens with one attached hydrogen (secondary N) is 2. The van der Waals surface area contributed by atoms with Gasteiger partial charge in [-0.2, -0.15) is 0 Å². The zero-order valence-corrected chi connectivity index (χ0v) is 10.4. The van der Waals surface area contributed by atoms with Gasteiger partial charge in [-0.25, -0.2) is 4.98 Å². The van der Waals surface area contributed by atoms with Crippen molar-refractivity contribution in [3.8, 4) is 0 Å². The molecule has 1 saturated heterocycles. The van der Waals surface area contributed by atoms with E-state index < -0.39 is 0 Å². The van der Waals surface area contributed by atoms with Crippen molar-refractivity contribution in [3.05, 3.63) is 16.1 Å². The Labute approximate surface area is 100 Å². The van der Waals surface area contributed by atoms with Crippen LogP contribution in [0.2, 0.25) is 0 Å². The Balaban J connectivity index is 1.71. The zero-order valence-electron chi connectivity index (χ0n) is 9.57. The summed E-state index contributed by atoms with van der Waals surface area (Å²) < 4.78 is 0. The van der Waals surface area contributed by atoms with E-state index in [0.29, 0.717) is 5.92 Å². The number of β-amino-alcohol motifs (C(OH)–C–C–N with tert-alkyl or cyclic N) is 1. The average Bonchev–Trinajstić information content (AvgIpc) is 2.89. The second-order valence-corrected chi connectivity index (χ2v) is 5.15. The molecule has 0 spiro atoms. The molecule has 4 nitrogen and oxygen atoms in total.